The van der Waals surface area contributed by atoms with Gasteiger partial charge in [0.25, 0.3) is 0 Å². The second-order valence-electron chi connectivity index (χ2n) is 7.62. The van der Waals surface area contributed by atoms with Gasteiger partial charge in [-0.05, 0) is 24.1 Å². The van der Waals surface area contributed by atoms with E-state index in [4.69, 9.17) is 33.2 Å². The van der Waals surface area contributed by atoms with Gasteiger partial charge in [0.1, 0.15) is 17.8 Å². The SMILES string of the molecule is COC(=O)NCCc1cc2c(c(OC)c1C1OC1c1ccc(OC)c(OC)c1C(=O)OC)OCO2. The molecule has 2 aromatic carbocycles. The molecule has 2 aromatic rings. The molecule has 1 fully saturated rings. The number of alkyl carbamates (subject to hydrolysis) is 1. The minimum absolute atomic E-state index is 0.0616. The summed E-state index contributed by atoms with van der Waals surface area (Å²) < 4.78 is 43.5. The van der Waals surface area contributed by atoms with Crippen LogP contribution in [0.15, 0.2) is 18.2 Å². The molecule has 0 bridgehead atoms. The van der Waals surface area contributed by atoms with Crippen molar-refractivity contribution in [2.24, 2.45) is 0 Å². The van der Waals surface area contributed by atoms with Crippen LogP contribution in [0.3, 0.4) is 0 Å². The van der Waals surface area contributed by atoms with Crippen LogP contribution < -0.4 is 29.0 Å². The maximum absolute atomic E-state index is 12.7. The van der Waals surface area contributed by atoms with Crippen LogP contribution in [0.25, 0.3) is 0 Å². The number of fused-ring (bicyclic) bond motifs is 1. The molecule has 1 N–H and O–H groups in total. The smallest absolute Gasteiger partial charge is 0.406 e. The second-order valence-corrected chi connectivity index (χ2v) is 7.62. The maximum Gasteiger partial charge on any atom is 0.406 e. The van der Waals surface area contributed by atoms with E-state index >= 15 is 0 Å². The van der Waals surface area contributed by atoms with E-state index in [0.717, 1.165) is 11.1 Å². The Labute approximate surface area is 202 Å². The largest absolute Gasteiger partial charge is 0.493 e. The Morgan fingerprint density at radius 3 is 2.40 bits per heavy atom. The molecule has 2 aliphatic heterocycles. The topological polar surface area (TPSA) is 123 Å². The maximum atomic E-state index is 12.7. The predicted octanol–water partition coefficient (Wildman–Crippen LogP) is 2.94. The van der Waals surface area contributed by atoms with E-state index in [1.165, 1.54) is 35.5 Å². The van der Waals surface area contributed by atoms with Crippen LogP contribution in [0.4, 0.5) is 4.79 Å². The molecule has 11 nitrogen and oxygen atoms in total. The highest BCUT2D eigenvalue weighted by molar-refractivity contribution is 5.95. The molecule has 2 unspecified atom stereocenters. The molecular weight excluding hydrogens is 462 g/mol. The van der Waals surface area contributed by atoms with Gasteiger partial charge < -0.3 is 43.2 Å². The zero-order chi connectivity index (χ0) is 25.1. The van der Waals surface area contributed by atoms with Gasteiger partial charge in [-0.2, -0.15) is 0 Å². The lowest BCUT2D eigenvalue weighted by molar-refractivity contribution is 0.0594. The van der Waals surface area contributed by atoms with E-state index in [9.17, 15) is 9.59 Å². The lowest BCUT2D eigenvalue weighted by Crippen LogP contribution is -2.25. The van der Waals surface area contributed by atoms with E-state index in [0.29, 0.717) is 41.5 Å². The van der Waals surface area contributed by atoms with Gasteiger partial charge in [0.05, 0.1) is 35.5 Å². The van der Waals surface area contributed by atoms with Crippen LogP contribution in [0.5, 0.6) is 28.7 Å². The number of nitrogens with one attached hydrogen (secondary N) is 1. The average molecular weight is 489 g/mol. The van der Waals surface area contributed by atoms with Crippen LogP contribution in [-0.2, 0) is 20.6 Å². The number of benzene rings is 2. The summed E-state index contributed by atoms with van der Waals surface area (Å²) in [5, 5.41) is 2.67. The molecule has 1 saturated heterocycles. The molecule has 188 valence electrons. The highest BCUT2D eigenvalue weighted by Gasteiger charge is 2.48. The van der Waals surface area contributed by atoms with Crippen molar-refractivity contribution in [3.05, 3.63) is 40.5 Å². The highest BCUT2D eigenvalue weighted by Crippen LogP contribution is 2.59. The molecule has 0 aromatic heterocycles. The van der Waals surface area contributed by atoms with E-state index in [-0.39, 0.29) is 18.1 Å². The van der Waals surface area contributed by atoms with Crippen molar-refractivity contribution in [2.75, 3.05) is 48.9 Å². The lowest BCUT2D eigenvalue weighted by atomic mass is 9.93. The standard InChI is InChI=1S/C24H27NO10/c1-28-14-7-6-13(17(19(14)29-2)23(26)31-4)18-22(35-18)16-12(8-9-25-24(27)32-5)10-15-20(21(16)30-3)34-11-33-15/h6-7,10,18,22H,8-9,11H2,1-5H3,(H,25,27). The number of carbonyl (C=O) groups is 2. The first-order chi connectivity index (χ1) is 17.0. The van der Waals surface area contributed by atoms with Crippen LogP contribution in [0.1, 0.15) is 39.3 Å². The van der Waals surface area contributed by atoms with Crippen molar-refractivity contribution in [1.82, 2.24) is 5.32 Å². The Morgan fingerprint density at radius 1 is 0.971 bits per heavy atom. The van der Waals surface area contributed by atoms with Gasteiger partial charge in [0, 0.05) is 17.7 Å². The molecule has 1 amide bonds. The predicted molar refractivity (Wildman–Crippen MR) is 121 cm³/mol. The summed E-state index contributed by atoms with van der Waals surface area (Å²) in [4.78, 5) is 24.2. The first kappa shape index (κ1) is 24.3. The number of hydrogen-bond acceptors (Lipinski definition) is 10. The van der Waals surface area contributed by atoms with E-state index in [2.05, 4.69) is 10.1 Å². The Hall–Kier alpha value is -3.86. The molecule has 0 aliphatic carbocycles. The zero-order valence-corrected chi connectivity index (χ0v) is 20.1. The quantitative estimate of drug-likeness (QED) is 0.415. The van der Waals surface area contributed by atoms with Crippen molar-refractivity contribution < 1.29 is 47.5 Å². The van der Waals surface area contributed by atoms with E-state index < -0.39 is 24.3 Å². The lowest BCUT2D eigenvalue weighted by Gasteiger charge is -2.16. The fourth-order valence-corrected chi connectivity index (χ4v) is 4.23. The fourth-order valence-electron chi connectivity index (χ4n) is 4.23. The molecule has 2 atom stereocenters. The third-order valence-corrected chi connectivity index (χ3v) is 5.85. The third-order valence-electron chi connectivity index (χ3n) is 5.85. The summed E-state index contributed by atoms with van der Waals surface area (Å²) in [6.07, 6.45) is -1.05. The fraction of sp³-hybridized carbons (Fsp3) is 0.417. The van der Waals surface area contributed by atoms with Crippen LogP contribution >= 0.6 is 0 Å². The number of rotatable bonds is 9. The number of ether oxygens (including phenoxy) is 8. The number of carbonyl (C=O) groups excluding carboxylic acids is 2. The highest BCUT2D eigenvalue weighted by atomic mass is 16.7. The van der Waals surface area contributed by atoms with Gasteiger partial charge in [0.15, 0.2) is 23.0 Å². The summed E-state index contributed by atoms with van der Waals surface area (Å²) >= 11 is 0. The average Bonchev–Trinajstić information content (AvgIpc) is 3.53. The monoisotopic (exact) mass is 489 g/mol. The van der Waals surface area contributed by atoms with Crippen molar-refractivity contribution in [1.29, 1.82) is 0 Å². The Balaban J connectivity index is 1.74. The van der Waals surface area contributed by atoms with Gasteiger partial charge in [-0.1, -0.05) is 6.07 Å². The molecular formula is C24H27NO10. The zero-order valence-electron chi connectivity index (χ0n) is 20.1. The summed E-state index contributed by atoms with van der Waals surface area (Å²) in [7, 11) is 7.07. The van der Waals surface area contributed by atoms with E-state index in [1.807, 2.05) is 6.07 Å². The number of amides is 1. The molecule has 0 spiro atoms. The second kappa shape index (κ2) is 10.2. The first-order valence-electron chi connectivity index (χ1n) is 10.8. The molecule has 4 rings (SSSR count). The van der Waals surface area contributed by atoms with Gasteiger partial charge in [-0.3, -0.25) is 0 Å². The summed E-state index contributed by atoms with van der Waals surface area (Å²) in [5.74, 6) is 1.56. The van der Waals surface area contributed by atoms with Crippen molar-refractivity contribution in [3.8, 4) is 28.7 Å². The van der Waals surface area contributed by atoms with Gasteiger partial charge in [0.2, 0.25) is 12.5 Å². The minimum atomic E-state index is -0.579. The van der Waals surface area contributed by atoms with Crippen molar-refractivity contribution in [3.63, 3.8) is 0 Å². The molecule has 35 heavy (non-hydrogen) atoms. The minimum Gasteiger partial charge on any atom is -0.493 e. The Kier molecular flexibility index (Phi) is 7.06. The number of epoxide rings is 1. The van der Waals surface area contributed by atoms with Gasteiger partial charge >= 0.3 is 12.1 Å². The molecule has 0 saturated carbocycles. The summed E-state index contributed by atoms with van der Waals surface area (Å²) in [6.45, 7) is 0.371. The molecule has 2 heterocycles. The van der Waals surface area contributed by atoms with Crippen LogP contribution in [0, 0.1) is 0 Å². The number of hydrogen-bond donors (Lipinski definition) is 1. The molecule has 11 heteroatoms. The van der Waals surface area contributed by atoms with Gasteiger partial charge in [-0.25, -0.2) is 9.59 Å². The number of methoxy groups -OCH3 is 5. The van der Waals surface area contributed by atoms with Gasteiger partial charge in [-0.15, -0.1) is 0 Å². The van der Waals surface area contributed by atoms with Crippen molar-refractivity contribution >= 4 is 12.1 Å². The molecule has 2 aliphatic rings. The normalized spacial score (nSPS) is 17.4. The van der Waals surface area contributed by atoms with Crippen LogP contribution in [-0.4, -0.2) is 60.9 Å². The summed E-state index contributed by atoms with van der Waals surface area (Å²) in [6, 6.07) is 5.29. The van der Waals surface area contributed by atoms with Crippen LogP contribution in [0.2, 0.25) is 0 Å². The third kappa shape index (κ3) is 4.46. The van der Waals surface area contributed by atoms with Crippen molar-refractivity contribution in [2.45, 2.75) is 18.6 Å². The Bertz CT molecular complexity index is 1130. The molecule has 0 radical (unpaired) electrons. The number of esters is 1. The van der Waals surface area contributed by atoms with E-state index in [1.54, 1.807) is 12.1 Å². The Morgan fingerprint density at radius 2 is 1.74 bits per heavy atom. The summed E-state index contributed by atoms with van der Waals surface area (Å²) in [5.41, 5.74) is 2.36. The first-order valence-corrected chi connectivity index (χ1v) is 10.8.